The van der Waals surface area contributed by atoms with Crippen LogP contribution in [0, 0.1) is 11.6 Å². The normalized spacial score (nSPS) is 21.5. The van der Waals surface area contributed by atoms with E-state index in [1.165, 1.54) is 17.0 Å². The number of para-hydroxylation sites is 1. The first-order chi connectivity index (χ1) is 17.1. The smallest absolute Gasteiger partial charge is 0.257 e. The number of anilines is 1. The minimum absolute atomic E-state index is 0.0134. The Labute approximate surface area is 207 Å². The lowest BCUT2D eigenvalue weighted by atomic mass is 9.86. The van der Waals surface area contributed by atoms with Gasteiger partial charge >= 0.3 is 0 Å². The fourth-order valence-corrected chi connectivity index (χ4v) is 5.70. The van der Waals surface area contributed by atoms with Crippen LogP contribution < -0.4 is 5.32 Å². The number of halogens is 5. The molecule has 2 aliphatic rings. The standard InChI is InChI=1S/C27H31F5N4/c1-16-10-23-24(19-6-3-4-7-22(19)34-23)26(36(16)15-27(2,31)32)25-20(29)11-17(12-21(25)30)33-18-13-35(14-18)9-5-8-28/h3-4,6-7,11-12,16,18,26,33-34H,5,8-10,13-15H2,1-2H3/t16-,26+/m1/s1. The number of alkyl halides is 3. The Hall–Kier alpha value is -2.65. The summed E-state index contributed by atoms with van der Waals surface area (Å²) in [4.78, 5) is 6.93. The monoisotopic (exact) mass is 506 g/mol. The highest BCUT2D eigenvalue weighted by atomic mass is 19.3. The summed E-state index contributed by atoms with van der Waals surface area (Å²) < 4.78 is 72.3. The minimum atomic E-state index is -3.04. The number of aromatic nitrogens is 1. The van der Waals surface area contributed by atoms with E-state index in [2.05, 4.69) is 15.2 Å². The van der Waals surface area contributed by atoms with Crippen molar-refractivity contribution < 1.29 is 22.0 Å². The molecule has 1 aromatic heterocycles. The van der Waals surface area contributed by atoms with Gasteiger partial charge in [0.15, 0.2) is 0 Å². The van der Waals surface area contributed by atoms with Crippen LogP contribution in [0.1, 0.15) is 43.1 Å². The van der Waals surface area contributed by atoms with Gasteiger partial charge in [0.1, 0.15) is 11.6 Å². The quantitative estimate of drug-likeness (QED) is 0.374. The van der Waals surface area contributed by atoms with Crippen molar-refractivity contribution in [3.8, 4) is 0 Å². The summed E-state index contributed by atoms with van der Waals surface area (Å²) in [6.07, 6.45) is 0.938. The van der Waals surface area contributed by atoms with Crippen LogP contribution in [-0.4, -0.2) is 65.6 Å². The second-order valence-electron chi connectivity index (χ2n) is 10.3. The number of hydrogen-bond donors (Lipinski definition) is 2. The summed E-state index contributed by atoms with van der Waals surface area (Å²) in [7, 11) is 0. The summed E-state index contributed by atoms with van der Waals surface area (Å²) in [5.74, 6) is -4.58. The van der Waals surface area contributed by atoms with Gasteiger partial charge in [0.05, 0.1) is 25.3 Å². The lowest BCUT2D eigenvalue weighted by Crippen LogP contribution is -2.54. The summed E-state index contributed by atoms with van der Waals surface area (Å²) in [6, 6.07) is 8.58. The van der Waals surface area contributed by atoms with Crippen LogP contribution in [0.4, 0.5) is 27.6 Å². The van der Waals surface area contributed by atoms with E-state index in [1.54, 1.807) is 0 Å². The predicted molar refractivity (Wildman–Crippen MR) is 131 cm³/mol. The second kappa shape index (κ2) is 9.67. The molecule has 3 aromatic rings. The molecular formula is C27H31F5N4. The number of H-pyrrole nitrogens is 1. The Bertz CT molecular complexity index is 1210. The molecule has 194 valence electrons. The highest BCUT2D eigenvalue weighted by Crippen LogP contribution is 2.44. The number of aromatic amines is 1. The maximum atomic E-state index is 15.7. The van der Waals surface area contributed by atoms with Gasteiger partial charge in [-0.1, -0.05) is 18.2 Å². The van der Waals surface area contributed by atoms with Gasteiger partial charge in [-0.3, -0.25) is 14.2 Å². The highest BCUT2D eigenvalue weighted by molar-refractivity contribution is 5.86. The maximum Gasteiger partial charge on any atom is 0.257 e. The highest BCUT2D eigenvalue weighted by Gasteiger charge is 2.42. The minimum Gasteiger partial charge on any atom is -0.380 e. The van der Waals surface area contributed by atoms with Crippen LogP contribution in [0.3, 0.4) is 0 Å². The SMILES string of the molecule is C[C@@H]1Cc2[nH]c3ccccc3c2[C@@H](c2c(F)cc(NC3CN(CCCF)C3)cc2F)N1CC(C)(F)F. The Kier molecular flexibility index (Phi) is 6.72. The molecule has 0 amide bonds. The van der Waals surface area contributed by atoms with Crippen LogP contribution in [0.2, 0.25) is 0 Å². The van der Waals surface area contributed by atoms with E-state index in [0.29, 0.717) is 43.7 Å². The number of benzene rings is 2. The molecule has 2 N–H and O–H groups in total. The molecule has 9 heteroatoms. The first-order valence-electron chi connectivity index (χ1n) is 12.4. The second-order valence-corrected chi connectivity index (χ2v) is 10.3. The van der Waals surface area contributed by atoms with Crippen molar-refractivity contribution in [3.63, 3.8) is 0 Å². The van der Waals surface area contributed by atoms with E-state index in [0.717, 1.165) is 23.5 Å². The van der Waals surface area contributed by atoms with Crippen LogP contribution in [-0.2, 0) is 6.42 Å². The largest absolute Gasteiger partial charge is 0.380 e. The van der Waals surface area contributed by atoms with Gasteiger partial charge < -0.3 is 10.3 Å². The van der Waals surface area contributed by atoms with Crippen LogP contribution >= 0.6 is 0 Å². The van der Waals surface area contributed by atoms with E-state index in [-0.39, 0.29) is 24.3 Å². The summed E-state index contributed by atoms with van der Waals surface area (Å²) in [6.45, 7) is 3.65. The van der Waals surface area contributed by atoms with Gasteiger partial charge in [-0.25, -0.2) is 17.6 Å². The topological polar surface area (TPSA) is 34.3 Å². The summed E-state index contributed by atoms with van der Waals surface area (Å²) in [5, 5.41) is 3.92. The molecule has 1 saturated heterocycles. The molecule has 0 aliphatic carbocycles. The molecule has 2 aromatic carbocycles. The van der Waals surface area contributed by atoms with Crippen LogP contribution in [0.25, 0.3) is 10.9 Å². The maximum absolute atomic E-state index is 15.7. The average molecular weight is 507 g/mol. The summed E-state index contributed by atoms with van der Waals surface area (Å²) in [5.41, 5.74) is 2.35. The Morgan fingerprint density at radius 2 is 1.78 bits per heavy atom. The van der Waals surface area contributed by atoms with Gasteiger partial charge in [0, 0.05) is 72.4 Å². The Morgan fingerprint density at radius 3 is 2.44 bits per heavy atom. The lowest BCUT2D eigenvalue weighted by Gasteiger charge is -2.42. The molecule has 0 bridgehead atoms. The fraction of sp³-hybridized carbons (Fsp3) is 0.481. The van der Waals surface area contributed by atoms with Gasteiger partial charge in [-0.2, -0.15) is 0 Å². The predicted octanol–water partition coefficient (Wildman–Crippen LogP) is 5.89. The van der Waals surface area contributed by atoms with Crippen molar-refractivity contribution >= 4 is 16.6 Å². The zero-order valence-corrected chi connectivity index (χ0v) is 20.4. The van der Waals surface area contributed by atoms with Crippen molar-refractivity contribution in [2.75, 3.05) is 38.2 Å². The average Bonchev–Trinajstić information content (AvgIpc) is 3.13. The Balaban J connectivity index is 1.51. The van der Waals surface area contributed by atoms with Gasteiger partial charge in [-0.05, 0) is 31.5 Å². The van der Waals surface area contributed by atoms with Gasteiger partial charge in [-0.15, -0.1) is 0 Å². The molecule has 2 atom stereocenters. The summed E-state index contributed by atoms with van der Waals surface area (Å²) >= 11 is 0. The van der Waals surface area contributed by atoms with E-state index >= 15 is 8.78 Å². The molecule has 0 spiro atoms. The van der Waals surface area contributed by atoms with Crippen LogP contribution in [0.5, 0.6) is 0 Å². The molecule has 36 heavy (non-hydrogen) atoms. The van der Waals surface area contributed by atoms with Crippen molar-refractivity contribution in [2.24, 2.45) is 0 Å². The van der Waals surface area contributed by atoms with Crippen LogP contribution in [0.15, 0.2) is 36.4 Å². The molecule has 2 aliphatic heterocycles. The molecular weight excluding hydrogens is 475 g/mol. The number of rotatable bonds is 8. The lowest BCUT2D eigenvalue weighted by molar-refractivity contribution is -0.0370. The molecule has 3 heterocycles. The van der Waals surface area contributed by atoms with Crippen molar-refractivity contribution in [1.29, 1.82) is 0 Å². The van der Waals surface area contributed by atoms with Crippen molar-refractivity contribution in [3.05, 3.63) is 64.9 Å². The zero-order chi connectivity index (χ0) is 25.6. The van der Waals surface area contributed by atoms with E-state index < -0.39 is 30.1 Å². The van der Waals surface area contributed by atoms with Crippen molar-refractivity contribution in [1.82, 2.24) is 14.8 Å². The first-order valence-corrected chi connectivity index (χ1v) is 12.4. The third-order valence-corrected chi connectivity index (χ3v) is 7.25. The number of nitrogens with one attached hydrogen (secondary N) is 2. The molecule has 5 rings (SSSR count). The third kappa shape index (κ3) is 4.83. The molecule has 0 radical (unpaired) electrons. The Morgan fingerprint density at radius 1 is 1.08 bits per heavy atom. The van der Waals surface area contributed by atoms with Gasteiger partial charge in [0.2, 0.25) is 0 Å². The fourth-order valence-electron chi connectivity index (χ4n) is 5.70. The van der Waals surface area contributed by atoms with E-state index in [1.807, 2.05) is 31.2 Å². The molecule has 0 unspecified atom stereocenters. The van der Waals surface area contributed by atoms with E-state index in [9.17, 15) is 13.2 Å². The molecule has 1 fully saturated rings. The number of hydrogen-bond acceptors (Lipinski definition) is 3. The van der Waals surface area contributed by atoms with Gasteiger partial charge in [0.25, 0.3) is 5.92 Å². The third-order valence-electron chi connectivity index (χ3n) is 7.25. The van der Waals surface area contributed by atoms with E-state index in [4.69, 9.17) is 0 Å². The zero-order valence-electron chi connectivity index (χ0n) is 20.4. The molecule has 4 nitrogen and oxygen atoms in total. The number of nitrogens with zero attached hydrogens (tertiary/aromatic N) is 2. The number of fused-ring (bicyclic) bond motifs is 3. The first kappa shape index (κ1) is 25.0. The molecule has 0 saturated carbocycles. The number of likely N-dealkylation sites (tertiary alicyclic amines) is 1. The van der Waals surface area contributed by atoms with Crippen molar-refractivity contribution in [2.45, 2.75) is 50.7 Å².